The SMILES string of the molecule is Cn1nnnc1CSC1=NCN(Cc2cccnc2)CN1. The number of thioether (sulfide) groups is 1. The highest BCUT2D eigenvalue weighted by atomic mass is 32.2. The number of nitrogens with one attached hydrogen (secondary N) is 1. The number of tetrazole rings is 1. The summed E-state index contributed by atoms with van der Waals surface area (Å²) in [4.78, 5) is 10.9. The van der Waals surface area contributed by atoms with Gasteiger partial charge in [-0.05, 0) is 22.1 Å². The maximum atomic E-state index is 4.53. The molecule has 2 aromatic rings. The zero-order valence-corrected chi connectivity index (χ0v) is 12.5. The first-order valence-electron chi connectivity index (χ1n) is 6.55. The molecule has 0 fully saturated rings. The Balaban J connectivity index is 1.49. The van der Waals surface area contributed by atoms with Gasteiger partial charge in [0.15, 0.2) is 11.0 Å². The second-order valence-corrected chi connectivity index (χ2v) is 5.60. The standard InChI is InChI=1S/C12H16N8S/c1-19-11(16-17-18-19)7-21-12-14-8-20(9-15-12)6-10-3-2-4-13-5-10/h2-5H,6-9H2,1H3,(H,14,15). The van der Waals surface area contributed by atoms with Crippen molar-refractivity contribution in [2.24, 2.45) is 12.0 Å². The first-order valence-corrected chi connectivity index (χ1v) is 7.53. The number of nitrogens with zero attached hydrogens (tertiary/aromatic N) is 7. The van der Waals surface area contributed by atoms with Gasteiger partial charge in [-0.15, -0.1) is 5.10 Å². The van der Waals surface area contributed by atoms with Gasteiger partial charge in [-0.2, -0.15) is 0 Å². The first-order chi connectivity index (χ1) is 10.3. The number of hydrogen-bond donors (Lipinski definition) is 1. The highest BCUT2D eigenvalue weighted by molar-refractivity contribution is 8.13. The fourth-order valence-corrected chi connectivity index (χ4v) is 2.73. The highest BCUT2D eigenvalue weighted by Gasteiger charge is 2.13. The second kappa shape index (κ2) is 6.64. The van der Waals surface area contributed by atoms with Gasteiger partial charge in [0.05, 0.1) is 19.1 Å². The molecule has 0 atom stereocenters. The van der Waals surface area contributed by atoms with Crippen molar-refractivity contribution in [2.75, 3.05) is 13.3 Å². The predicted molar refractivity (Wildman–Crippen MR) is 80.2 cm³/mol. The number of amidine groups is 1. The average Bonchev–Trinajstić information content (AvgIpc) is 2.93. The minimum absolute atomic E-state index is 0.682. The lowest BCUT2D eigenvalue weighted by Crippen LogP contribution is -2.41. The normalized spacial score (nSPS) is 15.6. The van der Waals surface area contributed by atoms with Crippen LogP contribution in [0.2, 0.25) is 0 Å². The van der Waals surface area contributed by atoms with Gasteiger partial charge in [0.2, 0.25) is 0 Å². The van der Waals surface area contributed by atoms with Crippen molar-refractivity contribution in [3.05, 3.63) is 35.9 Å². The Morgan fingerprint density at radius 1 is 1.43 bits per heavy atom. The molecule has 3 heterocycles. The van der Waals surface area contributed by atoms with Gasteiger partial charge in [0.25, 0.3) is 0 Å². The molecule has 1 aliphatic rings. The van der Waals surface area contributed by atoms with Gasteiger partial charge < -0.3 is 5.32 Å². The van der Waals surface area contributed by atoms with Crippen molar-refractivity contribution in [2.45, 2.75) is 12.3 Å². The Bertz CT molecular complexity index is 611. The van der Waals surface area contributed by atoms with Crippen LogP contribution in [0.5, 0.6) is 0 Å². The highest BCUT2D eigenvalue weighted by Crippen LogP contribution is 2.13. The largest absolute Gasteiger partial charge is 0.352 e. The lowest BCUT2D eigenvalue weighted by molar-refractivity contribution is 0.258. The molecule has 0 spiro atoms. The lowest BCUT2D eigenvalue weighted by atomic mass is 10.3. The third-order valence-electron chi connectivity index (χ3n) is 3.04. The number of aryl methyl sites for hydroxylation is 1. The number of aromatic nitrogens is 5. The van der Waals surface area contributed by atoms with E-state index in [2.05, 4.69) is 41.8 Å². The topological polar surface area (TPSA) is 84.1 Å². The van der Waals surface area contributed by atoms with Crippen LogP contribution >= 0.6 is 11.8 Å². The van der Waals surface area contributed by atoms with E-state index in [1.807, 2.05) is 19.3 Å². The average molecular weight is 304 g/mol. The summed E-state index contributed by atoms with van der Waals surface area (Å²) in [5.74, 6) is 1.54. The third-order valence-corrected chi connectivity index (χ3v) is 3.99. The molecule has 0 unspecified atom stereocenters. The van der Waals surface area contributed by atoms with E-state index < -0.39 is 0 Å². The molecule has 9 heteroatoms. The molecule has 1 aliphatic heterocycles. The Morgan fingerprint density at radius 3 is 3.05 bits per heavy atom. The van der Waals surface area contributed by atoms with Crippen LogP contribution in [0.15, 0.2) is 29.5 Å². The molecule has 1 N–H and O–H groups in total. The van der Waals surface area contributed by atoms with Crippen LogP contribution in [0.3, 0.4) is 0 Å². The number of pyridine rings is 1. The maximum Gasteiger partial charge on any atom is 0.161 e. The van der Waals surface area contributed by atoms with E-state index in [0.29, 0.717) is 12.4 Å². The van der Waals surface area contributed by atoms with E-state index in [-0.39, 0.29) is 0 Å². The van der Waals surface area contributed by atoms with E-state index in [9.17, 15) is 0 Å². The molecule has 8 nitrogen and oxygen atoms in total. The predicted octanol–water partition coefficient (Wildman–Crippen LogP) is 0.215. The van der Waals surface area contributed by atoms with Crippen molar-refractivity contribution in [3.8, 4) is 0 Å². The molecule has 0 saturated heterocycles. The number of hydrogen-bond acceptors (Lipinski definition) is 8. The van der Waals surface area contributed by atoms with Crippen LogP contribution < -0.4 is 5.32 Å². The molecule has 0 amide bonds. The summed E-state index contributed by atoms with van der Waals surface area (Å²) in [5, 5.41) is 15.6. The molecule has 2 aromatic heterocycles. The fraction of sp³-hybridized carbons (Fsp3) is 0.417. The smallest absolute Gasteiger partial charge is 0.161 e. The van der Waals surface area contributed by atoms with Crippen LogP contribution in [0.25, 0.3) is 0 Å². The molecule has 21 heavy (non-hydrogen) atoms. The van der Waals surface area contributed by atoms with Crippen LogP contribution in [0.4, 0.5) is 0 Å². The Labute approximate surface area is 126 Å². The number of aliphatic imine (C=N–C) groups is 1. The summed E-state index contributed by atoms with van der Waals surface area (Å²) >= 11 is 1.61. The molecule has 0 radical (unpaired) electrons. The van der Waals surface area contributed by atoms with E-state index in [0.717, 1.165) is 24.2 Å². The van der Waals surface area contributed by atoms with Crippen molar-refractivity contribution >= 4 is 16.9 Å². The molecule has 0 aliphatic carbocycles. The van der Waals surface area contributed by atoms with Gasteiger partial charge in [-0.25, -0.2) is 9.67 Å². The second-order valence-electron chi connectivity index (χ2n) is 4.64. The first kappa shape index (κ1) is 14.0. The Kier molecular flexibility index (Phi) is 4.41. The monoisotopic (exact) mass is 304 g/mol. The van der Waals surface area contributed by atoms with Gasteiger partial charge in [-0.1, -0.05) is 17.8 Å². The molecular formula is C12H16N8S. The van der Waals surface area contributed by atoms with Crippen molar-refractivity contribution in [3.63, 3.8) is 0 Å². The van der Waals surface area contributed by atoms with Gasteiger partial charge in [0, 0.05) is 26.0 Å². The van der Waals surface area contributed by atoms with E-state index in [1.54, 1.807) is 22.6 Å². The van der Waals surface area contributed by atoms with Crippen LogP contribution in [-0.4, -0.2) is 48.6 Å². The van der Waals surface area contributed by atoms with Crippen LogP contribution in [0, 0.1) is 0 Å². The van der Waals surface area contributed by atoms with Crippen LogP contribution in [0.1, 0.15) is 11.4 Å². The molecular weight excluding hydrogens is 288 g/mol. The lowest BCUT2D eigenvalue weighted by Gasteiger charge is -2.26. The quantitative estimate of drug-likeness (QED) is 0.864. The molecule has 0 bridgehead atoms. The van der Waals surface area contributed by atoms with Crippen molar-refractivity contribution in [1.29, 1.82) is 0 Å². The summed E-state index contributed by atoms with van der Waals surface area (Å²) < 4.78 is 1.67. The summed E-state index contributed by atoms with van der Waals surface area (Å²) in [5.41, 5.74) is 1.19. The maximum absolute atomic E-state index is 4.53. The summed E-state index contributed by atoms with van der Waals surface area (Å²) in [6, 6.07) is 4.02. The van der Waals surface area contributed by atoms with Crippen LogP contribution in [-0.2, 0) is 19.3 Å². The summed E-state index contributed by atoms with van der Waals surface area (Å²) in [7, 11) is 1.83. The Hall–Kier alpha value is -2.00. The summed E-state index contributed by atoms with van der Waals surface area (Å²) in [6.07, 6.45) is 3.67. The van der Waals surface area contributed by atoms with Gasteiger partial charge in [0.1, 0.15) is 0 Å². The van der Waals surface area contributed by atoms with E-state index >= 15 is 0 Å². The fourth-order valence-electron chi connectivity index (χ4n) is 1.91. The zero-order chi connectivity index (χ0) is 14.5. The minimum Gasteiger partial charge on any atom is -0.352 e. The molecule has 3 rings (SSSR count). The van der Waals surface area contributed by atoms with Gasteiger partial charge >= 0.3 is 0 Å². The van der Waals surface area contributed by atoms with E-state index in [4.69, 9.17) is 0 Å². The molecule has 110 valence electrons. The summed E-state index contributed by atoms with van der Waals surface area (Å²) in [6.45, 7) is 2.30. The van der Waals surface area contributed by atoms with Crippen molar-refractivity contribution < 1.29 is 0 Å². The van der Waals surface area contributed by atoms with Crippen molar-refractivity contribution in [1.82, 2.24) is 35.4 Å². The molecule has 0 saturated carbocycles. The molecule has 0 aromatic carbocycles. The third kappa shape index (κ3) is 3.76. The Morgan fingerprint density at radius 2 is 2.38 bits per heavy atom. The van der Waals surface area contributed by atoms with Gasteiger partial charge in [-0.3, -0.25) is 9.88 Å². The number of rotatable bonds is 4. The van der Waals surface area contributed by atoms with E-state index in [1.165, 1.54) is 5.56 Å². The minimum atomic E-state index is 0.682. The zero-order valence-electron chi connectivity index (χ0n) is 11.7.